The lowest BCUT2D eigenvalue weighted by Gasteiger charge is -2.13. The van der Waals surface area contributed by atoms with E-state index in [2.05, 4.69) is 16.4 Å². The van der Waals surface area contributed by atoms with Gasteiger partial charge in [0.05, 0.1) is 6.04 Å². The first kappa shape index (κ1) is 16.6. The van der Waals surface area contributed by atoms with Crippen LogP contribution < -0.4 is 11.1 Å². The molecule has 0 unspecified atom stereocenters. The van der Waals surface area contributed by atoms with Crippen LogP contribution in [-0.4, -0.2) is 23.2 Å². The molecule has 0 spiro atoms. The maximum absolute atomic E-state index is 12.3. The Balaban J connectivity index is 1.63. The third-order valence-electron chi connectivity index (χ3n) is 4.10. The summed E-state index contributed by atoms with van der Waals surface area (Å²) >= 11 is 1.67. The van der Waals surface area contributed by atoms with Crippen molar-refractivity contribution in [1.29, 1.82) is 0 Å². The van der Waals surface area contributed by atoms with Gasteiger partial charge in [0, 0.05) is 28.5 Å². The minimum atomic E-state index is -0.564. The van der Waals surface area contributed by atoms with Crippen molar-refractivity contribution in [3.63, 3.8) is 0 Å². The van der Waals surface area contributed by atoms with E-state index in [1.807, 2.05) is 54.9 Å². The van der Waals surface area contributed by atoms with E-state index in [1.165, 1.54) is 4.90 Å². The summed E-state index contributed by atoms with van der Waals surface area (Å²) in [5.41, 5.74) is 9.34. The van der Waals surface area contributed by atoms with Crippen molar-refractivity contribution in [3.8, 4) is 0 Å². The topological polar surface area (TPSA) is 70.9 Å². The molecule has 0 radical (unpaired) electrons. The smallest absolute Gasteiger partial charge is 0.237 e. The molecule has 0 saturated heterocycles. The first-order chi connectivity index (χ1) is 11.7. The van der Waals surface area contributed by atoms with Crippen molar-refractivity contribution in [2.24, 2.45) is 5.73 Å². The summed E-state index contributed by atoms with van der Waals surface area (Å²) in [4.78, 5) is 16.7. The van der Waals surface area contributed by atoms with E-state index in [-0.39, 0.29) is 5.91 Å². The van der Waals surface area contributed by atoms with Gasteiger partial charge in [-0.15, -0.1) is 11.8 Å². The highest BCUT2D eigenvalue weighted by Crippen LogP contribution is 2.20. The Morgan fingerprint density at radius 1 is 1.17 bits per heavy atom. The number of hydrogen-bond donors (Lipinski definition) is 3. The van der Waals surface area contributed by atoms with Gasteiger partial charge in [0.2, 0.25) is 5.91 Å². The molecule has 0 aliphatic heterocycles. The van der Waals surface area contributed by atoms with Crippen LogP contribution in [0.4, 0.5) is 0 Å². The zero-order chi connectivity index (χ0) is 16.9. The van der Waals surface area contributed by atoms with Gasteiger partial charge in [-0.2, -0.15) is 0 Å². The number of aromatic nitrogens is 1. The second kappa shape index (κ2) is 7.55. The molecule has 0 saturated carbocycles. The van der Waals surface area contributed by atoms with Gasteiger partial charge >= 0.3 is 0 Å². The van der Waals surface area contributed by atoms with Crippen molar-refractivity contribution in [2.75, 3.05) is 6.26 Å². The van der Waals surface area contributed by atoms with E-state index in [4.69, 9.17) is 5.73 Å². The number of aromatic amines is 1. The number of carbonyl (C=O) groups is 1. The zero-order valence-electron chi connectivity index (χ0n) is 13.6. The van der Waals surface area contributed by atoms with Gasteiger partial charge in [-0.25, -0.2) is 0 Å². The Bertz CT molecular complexity index is 843. The van der Waals surface area contributed by atoms with Crippen LogP contribution in [0.25, 0.3) is 10.9 Å². The fraction of sp³-hybridized carbons (Fsp3) is 0.211. The maximum Gasteiger partial charge on any atom is 0.237 e. The van der Waals surface area contributed by atoms with E-state index in [0.29, 0.717) is 13.0 Å². The lowest BCUT2D eigenvalue weighted by molar-refractivity contribution is -0.122. The van der Waals surface area contributed by atoms with Crippen LogP contribution in [-0.2, 0) is 17.8 Å². The summed E-state index contributed by atoms with van der Waals surface area (Å²) in [6.07, 6.45) is 4.48. The number of nitrogens with one attached hydrogen (secondary N) is 2. The van der Waals surface area contributed by atoms with Crippen LogP contribution in [0.2, 0.25) is 0 Å². The average Bonchev–Trinajstić information content (AvgIpc) is 3.03. The van der Waals surface area contributed by atoms with Gasteiger partial charge in [0.1, 0.15) is 0 Å². The molecule has 124 valence electrons. The minimum absolute atomic E-state index is 0.129. The van der Waals surface area contributed by atoms with Crippen LogP contribution in [0, 0.1) is 0 Å². The lowest BCUT2D eigenvalue weighted by atomic mass is 10.0. The van der Waals surface area contributed by atoms with Crippen LogP contribution in [0.15, 0.2) is 59.6 Å². The van der Waals surface area contributed by atoms with Crippen molar-refractivity contribution < 1.29 is 4.79 Å². The molecule has 3 rings (SSSR count). The SMILES string of the molecule is CSc1ccccc1CNC(=O)[C@H](N)Cc1c[nH]c2ccccc12. The predicted molar refractivity (Wildman–Crippen MR) is 100 cm³/mol. The zero-order valence-corrected chi connectivity index (χ0v) is 14.4. The van der Waals surface area contributed by atoms with Crippen LogP contribution in [0.5, 0.6) is 0 Å². The number of nitrogens with two attached hydrogens (primary N) is 1. The Labute approximate surface area is 145 Å². The first-order valence-electron chi connectivity index (χ1n) is 7.89. The van der Waals surface area contributed by atoms with Gasteiger partial charge in [-0.3, -0.25) is 4.79 Å². The fourth-order valence-electron chi connectivity index (χ4n) is 2.79. The fourth-order valence-corrected chi connectivity index (χ4v) is 3.41. The molecule has 4 N–H and O–H groups in total. The second-order valence-electron chi connectivity index (χ2n) is 5.70. The van der Waals surface area contributed by atoms with Crippen molar-refractivity contribution in [3.05, 3.63) is 65.9 Å². The molecule has 0 bridgehead atoms. The average molecular weight is 339 g/mol. The molecule has 0 fully saturated rings. The van der Waals surface area contributed by atoms with Gasteiger partial charge < -0.3 is 16.0 Å². The van der Waals surface area contributed by atoms with Crippen LogP contribution in [0.3, 0.4) is 0 Å². The molecule has 3 aromatic rings. The van der Waals surface area contributed by atoms with E-state index < -0.39 is 6.04 Å². The Kier molecular flexibility index (Phi) is 5.23. The lowest BCUT2D eigenvalue weighted by Crippen LogP contribution is -2.41. The monoisotopic (exact) mass is 339 g/mol. The molecule has 0 aliphatic rings. The van der Waals surface area contributed by atoms with E-state index >= 15 is 0 Å². The molecule has 1 atom stereocenters. The summed E-state index contributed by atoms with van der Waals surface area (Å²) in [5, 5.41) is 4.07. The van der Waals surface area contributed by atoms with Gasteiger partial charge in [-0.05, 0) is 35.9 Å². The number of para-hydroxylation sites is 1. The number of hydrogen-bond acceptors (Lipinski definition) is 3. The summed E-state index contributed by atoms with van der Waals surface area (Å²) in [5.74, 6) is -0.129. The standard InChI is InChI=1S/C19H21N3OS/c1-24-18-9-5-2-6-13(18)11-22-19(23)16(20)10-14-12-21-17-8-4-3-7-15(14)17/h2-9,12,16,21H,10-11,20H2,1H3,(H,22,23)/t16-/m1/s1. The van der Waals surface area contributed by atoms with Crippen LogP contribution >= 0.6 is 11.8 Å². The number of benzene rings is 2. The number of amides is 1. The Morgan fingerprint density at radius 3 is 2.75 bits per heavy atom. The largest absolute Gasteiger partial charge is 0.361 e. The van der Waals surface area contributed by atoms with Crippen molar-refractivity contribution >= 4 is 28.6 Å². The molecule has 2 aromatic carbocycles. The number of H-pyrrole nitrogens is 1. The Hall–Kier alpha value is -2.24. The molecular weight excluding hydrogens is 318 g/mol. The molecule has 5 heteroatoms. The number of rotatable bonds is 6. The van der Waals surface area contributed by atoms with Gasteiger partial charge in [0.25, 0.3) is 0 Å². The maximum atomic E-state index is 12.3. The molecule has 1 heterocycles. The van der Waals surface area contributed by atoms with E-state index in [0.717, 1.165) is 22.0 Å². The quantitative estimate of drug-likeness (QED) is 0.605. The van der Waals surface area contributed by atoms with Gasteiger partial charge in [-0.1, -0.05) is 36.4 Å². The summed E-state index contributed by atoms with van der Waals surface area (Å²) in [7, 11) is 0. The predicted octanol–water partition coefficient (Wildman–Crippen LogP) is 3.08. The van der Waals surface area contributed by atoms with Gasteiger partial charge in [0.15, 0.2) is 0 Å². The highest BCUT2D eigenvalue weighted by atomic mass is 32.2. The van der Waals surface area contributed by atoms with E-state index in [9.17, 15) is 4.79 Å². The minimum Gasteiger partial charge on any atom is -0.361 e. The second-order valence-corrected chi connectivity index (χ2v) is 6.55. The third-order valence-corrected chi connectivity index (χ3v) is 4.94. The molecule has 4 nitrogen and oxygen atoms in total. The van der Waals surface area contributed by atoms with Crippen molar-refractivity contribution in [1.82, 2.24) is 10.3 Å². The number of thioether (sulfide) groups is 1. The van der Waals surface area contributed by atoms with Crippen molar-refractivity contribution in [2.45, 2.75) is 23.9 Å². The number of fused-ring (bicyclic) bond motifs is 1. The normalized spacial score (nSPS) is 12.2. The number of carbonyl (C=O) groups excluding carboxylic acids is 1. The molecular formula is C19H21N3OS. The Morgan fingerprint density at radius 2 is 1.92 bits per heavy atom. The summed E-state index contributed by atoms with van der Waals surface area (Å²) < 4.78 is 0. The van der Waals surface area contributed by atoms with E-state index in [1.54, 1.807) is 11.8 Å². The summed E-state index contributed by atoms with van der Waals surface area (Å²) in [6, 6.07) is 15.5. The summed E-state index contributed by atoms with van der Waals surface area (Å²) in [6.45, 7) is 0.497. The third kappa shape index (κ3) is 3.63. The molecule has 1 aromatic heterocycles. The first-order valence-corrected chi connectivity index (χ1v) is 9.11. The molecule has 0 aliphatic carbocycles. The molecule has 24 heavy (non-hydrogen) atoms. The highest BCUT2D eigenvalue weighted by molar-refractivity contribution is 7.98. The molecule has 1 amide bonds. The highest BCUT2D eigenvalue weighted by Gasteiger charge is 2.16. The van der Waals surface area contributed by atoms with Crippen LogP contribution in [0.1, 0.15) is 11.1 Å².